The molecule has 5 aliphatic rings. The Morgan fingerprint density at radius 1 is 0.914 bits per heavy atom. The second-order valence-corrected chi connectivity index (χ2v) is 18.2. The molecular weight excluding hydrogens is 756 g/mol. The summed E-state index contributed by atoms with van der Waals surface area (Å²) in [6.45, 7) is 12.7. The molecule has 2 N–H and O–H groups in total. The quantitative estimate of drug-likeness (QED) is 0.227. The van der Waals surface area contributed by atoms with Crippen LogP contribution in [0.1, 0.15) is 114 Å². The van der Waals surface area contributed by atoms with Crippen molar-refractivity contribution in [2.75, 3.05) is 24.5 Å². The molecule has 3 aromatic rings. The van der Waals surface area contributed by atoms with Crippen molar-refractivity contribution >= 4 is 46.8 Å². The monoisotopic (exact) mass is 804 g/mol. The minimum atomic E-state index is -0.957. The van der Waals surface area contributed by atoms with Gasteiger partial charge in [-0.05, 0) is 104 Å². The van der Waals surface area contributed by atoms with Crippen molar-refractivity contribution in [2.24, 2.45) is 16.7 Å². The first-order chi connectivity index (χ1) is 27.6. The van der Waals surface area contributed by atoms with Gasteiger partial charge in [-0.15, -0.1) is 0 Å². The molecule has 2 saturated heterocycles. The highest BCUT2D eigenvalue weighted by Gasteiger charge is 2.64. The van der Waals surface area contributed by atoms with Gasteiger partial charge >= 0.3 is 0 Å². The fourth-order valence-electron chi connectivity index (χ4n) is 10.3. The highest BCUT2D eigenvalue weighted by atomic mass is 35.5. The zero-order valence-corrected chi connectivity index (χ0v) is 34.2. The van der Waals surface area contributed by atoms with Gasteiger partial charge in [-0.25, -0.2) is 0 Å². The fourth-order valence-corrected chi connectivity index (χ4v) is 10.5. The number of fused-ring (bicyclic) bond motifs is 2. The number of halogens is 1. The summed E-state index contributed by atoms with van der Waals surface area (Å²) in [5.74, 6) is -0.783. The lowest BCUT2D eigenvalue weighted by Crippen LogP contribution is -2.74. The molecular formula is C45H49ClN6O6. The second kappa shape index (κ2) is 15.2. The maximum Gasteiger partial charge on any atom is 0.262 e. The van der Waals surface area contributed by atoms with Crippen molar-refractivity contribution in [1.82, 2.24) is 20.4 Å². The van der Waals surface area contributed by atoms with Crippen LogP contribution in [0, 0.1) is 28.1 Å². The Kier molecular flexibility index (Phi) is 10.3. The van der Waals surface area contributed by atoms with E-state index in [4.69, 9.17) is 16.3 Å². The van der Waals surface area contributed by atoms with Gasteiger partial charge in [0.25, 0.3) is 17.7 Å². The molecule has 3 aromatic carbocycles. The van der Waals surface area contributed by atoms with Crippen LogP contribution in [0.25, 0.3) is 0 Å². The van der Waals surface area contributed by atoms with E-state index in [0.717, 1.165) is 80.1 Å². The van der Waals surface area contributed by atoms with Gasteiger partial charge in [-0.3, -0.25) is 39.1 Å². The van der Waals surface area contributed by atoms with Crippen LogP contribution in [0.15, 0.2) is 54.6 Å². The maximum absolute atomic E-state index is 13.5. The normalized spacial score (nSPS) is 23.8. The SMILES string of the molecule is CC1(C)C(NC(=O)c2ccc(N3CCC(CCCN4Cc5cc6c(cc5C4)C(=O)N([C@H]4CCC(=O)NC4=O)C6=O)CC3)cc2)C(C)(C)C1Oc1ccc(C#N)c(Cl)c1. The van der Waals surface area contributed by atoms with Gasteiger partial charge < -0.3 is 15.0 Å². The lowest BCUT2D eigenvalue weighted by molar-refractivity contribution is -0.164. The Hall–Kier alpha value is -5.25. The topological polar surface area (TPSA) is 152 Å². The molecule has 1 atom stereocenters. The number of hydrogen-bond acceptors (Lipinski definition) is 9. The molecule has 5 amide bonds. The van der Waals surface area contributed by atoms with E-state index >= 15 is 0 Å². The van der Waals surface area contributed by atoms with E-state index in [1.807, 2.05) is 36.4 Å². The molecule has 0 aromatic heterocycles. The summed E-state index contributed by atoms with van der Waals surface area (Å²) in [6, 6.07) is 17.6. The molecule has 302 valence electrons. The van der Waals surface area contributed by atoms with Crippen LogP contribution in [-0.2, 0) is 22.7 Å². The van der Waals surface area contributed by atoms with E-state index in [9.17, 15) is 29.2 Å². The summed E-state index contributed by atoms with van der Waals surface area (Å²) < 4.78 is 6.38. The predicted octanol–water partition coefficient (Wildman–Crippen LogP) is 6.24. The third-order valence-electron chi connectivity index (χ3n) is 13.2. The Bertz CT molecular complexity index is 2180. The molecule has 0 bridgehead atoms. The van der Waals surface area contributed by atoms with Crippen LogP contribution in [0.2, 0.25) is 5.02 Å². The van der Waals surface area contributed by atoms with E-state index in [1.54, 1.807) is 18.2 Å². The highest BCUT2D eigenvalue weighted by Crippen LogP contribution is 2.55. The molecule has 0 spiro atoms. The first-order valence-corrected chi connectivity index (χ1v) is 20.7. The fraction of sp³-hybridized carbons (Fsp3) is 0.467. The summed E-state index contributed by atoms with van der Waals surface area (Å²) in [5, 5.41) is 15.1. The number of amides is 5. The molecule has 0 unspecified atom stereocenters. The Labute approximate surface area is 343 Å². The number of ether oxygens (including phenoxy) is 1. The minimum absolute atomic E-state index is 0.100. The van der Waals surface area contributed by atoms with E-state index in [-0.39, 0.29) is 47.6 Å². The Balaban J connectivity index is 0.778. The standard InChI is InChI=1S/C45H49ClN6O6/c1-44(2)42(45(3,4)43(44)58-32-12-9-28(23-47)35(46)22-32)49-38(54)27-7-10-31(11-8-27)51-18-15-26(16-19-51)6-5-17-50-24-29-20-33-34(21-30(29)25-50)41(57)52(40(33)56)36-13-14-37(53)48-39(36)55/h7-12,20-22,26,36,42-43H,5-6,13-19,24-25H2,1-4H3,(H,49,54)(H,48,53,55)/t36-,42?,43?/m0/s1. The van der Waals surface area contributed by atoms with Gasteiger partial charge in [-0.2, -0.15) is 5.26 Å². The molecule has 1 aliphatic carbocycles. The molecule has 58 heavy (non-hydrogen) atoms. The average molecular weight is 805 g/mol. The van der Waals surface area contributed by atoms with Crippen LogP contribution >= 0.6 is 11.6 Å². The van der Waals surface area contributed by atoms with Crippen LogP contribution < -0.4 is 20.3 Å². The van der Waals surface area contributed by atoms with Gasteiger partial charge in [0.2, 0.25) is 11.8 Å². The summed E-state index contributed by atoms with van der Waals surface area (Å²) in [7, 11) is 0. The van der Waals surface area contributed by atoms with E-state index < -0.39 is 23.8 Å². The number of nitriles is 1. The molecule has 13 heteroatoms. The Morgan fingerprint density at radius 2 is 1.55 bits per heavy atom. The zero-order valence-electron chi connectivity index (χ0n) is 33.4. The molecule has 3 fully saturated rings. The van der Waals surface area contributed by atoms with Crippen LogP contribution in [-0.4, -0.2) is 77.2 Å². The minimum Gasteiger partial charge on any atom is -0.489 e. The van der Waals surface area contributed by atoms with Crippen LogP contribution in [0.5, 0.6) is 5.75 Å². The number of rotatable bonds is 10. The van der Waals surface area contributed by atoms with Crippen molar-refractivity contribution in [1.29, 1.82) is 5.26 Å². The average Bonchev–Trinajstić information content (AvgIpc) is 3.71. The smallest absolute Gasteiger partial charge is 0.262 e. The predicted molar refractivity (Wildman–Crippen MR) is 217 cm³/mol. The number of piperidine rings is 2. The molecule has 4 aliphatic heterocycles. The number of anilines is 1. The van der Waals surface area contributed by atoms with Gasteiger partial charge in [0.15, 0.2) is 0 Å². The van der Waals surface area contributed by atoms with Crippen molar-refractivity contribution in [3.8, 4) is 11.8 Å². The van der Waals surface area contributed by atoms with E-state index in [2.05, 4.69) is 54.2 Å². The number of nitrogens with zero attached hydrogens (tertiary/aromatic N) is 4. The van der Waals surface area contributed by atoms with Crippen LogP contribution in [0.4, 0.5) is 5.69 Å². The first-order valence-electron chi connectivity index (χ1n) is 20.3. The number of hydrogen-bond donors (Lipinski definition) is 2. The maximum atomic E-state index is 13.5. The van der Waals surface area contributed by atoms with Gasteiger partial charge in [-0.1, -0.05) is 39.3 Å². The van der Waals surface area contributed by atoms with Crippen molar-refractivity contribution < 1.29 is 28.7 Å². The summed E-state index contributed by atoms with van der Waals surface area (Å²) in [4.78, 5) is 69.8. The van der Waals surface area contributed by atoms with E-state index in [0.29, 0.717) is 38.9 Å². The van der Waals surface area contributed by atoms with Gasteiger partial charge in [0.1, 0.15) is 24.0 Å². The van der Waals surface area contributed by atoms with Gasteiger partial charge in [0.05, 0.1) is 21.7 Å². The molecule has 12 nitrogen and oxygen atoms in total. The van der Waals surface area contributed by atoms with Crippen molar-refractivity contribution in [3.63, 3.8) is 0 Å². The number of carbonyl (C=O) groups is 5. The van der Waals surface area contributed by atoms with E-state index in [1.165, 1.54) is 0 Å². The highest BCUT2D eigenvalue weighted by molar-refractivity contribution is 6.31. The molecule has 4 heterocycles. The summed E-state index contributed by atoms with van der Waals surface area (Å²) in [6.07, 6.45) is 4.47. The lowest BCUT2D eigenvalue weighted by Gasteiger charge is -2.63. The van der Waals surface area contributed by atoms with Crippen molar-refractivity contribution in [2.45, 2.75) is 97.5 Å². The third kappa shape index (κ3) is 7.13. The first kappa shape index (κ1) is 39.6. The molecule has 0 radical (unpaired) electrons. The van der Waals surface area contributed by atoms with Crippen molar-refractivity contribution in [3.05, 3.63) is 93.0 Å². The number of benzene rings is 3. The molecule has 8 rings (SSSR count). The molecule has 1 saturated carbocycles. The largest absolute Gasteiger partial charge is 0.489 e. The number of imide groups is 2. The second-order valence-electron chi connectivity index (χ2n) is 17.7. The number of nitrogens with one attached hydrogen (secondary N) is 2. The van der Waals surface area contributed by atoms with Gasteiger partial charge in [0, 0.05) is 66.8 Å². The van der Waals surface area contributed by atoms with Crippen LogP contribution in [0.3, 0.4) is 0 Å². The third-order valence-corrected chi connectivity index (χ3v) is 13.5. The number of carbonyl (C=O) groups excluding carboxylic acids is 5. The zero-order chi connectivity index (χ0) is 41.1. The Morgan fingerprint density at radius 3 is 2.14 bits per heavy atom. The summed E-state index contributed by atoms with van der Waals surface area (Å²) >= 11 is 6.25. The lowest BCUT2D eigenvalue weighted by atomic mass is 9.49. The summed E-state index contributed by atoms with van der Waals surface area (Å²) in [5.41, 5.74) is 4.21.